The topological polar surface area (TPSA) is 81.7 Å². The van der Waals surface area contributed by atoms with Gasteiger partial charge in [0.25, 0.3) is 5.91 Å². The first-order valence-electron chi connectivity index (χ1n) is 6.30. The summed E-state index contributed by atoms with van der Waals surface area (Å²) in [4.78, 5) is 34.0. The Bertz CT molecular complexity index is 500. The number of hydrogen-bond donors (Lipinski definition) is 1. The standard InChI is InChI=1S/C14H15NO5/c16-12-9-20-14(18)11(15-12)6-7-13(17)19-8-10-4-2-1-3-5-10/h1-5,11H,6-9H2,(H,15,16). The Balaban J connectivity index is 1.72. The molecule has 6 heteroatoms. The molecule has 1 fully saturated rings. The van der Waals surface area contributed by atoms with Crippen LogP contribution < -0.4 is 5.32 Å². The number of ether oxygens (including phenoxy) is 2. The van der Waals surface area contributed by atoms with Gasteiger partial charge in [0.15, 0.2) is 6.61 Å². The quantitative estimate of drug-likeness (QED) is 0.795. The summed E-state index contributed by atoms with van der Waals surface area (Å²) >= 11 is 0. The van der Waals surface area contributed by atoms with Gasteiger partial charge in [0.1, 0.15) is 12.6 Å². The van der Waals surface area contributed by atoms with E-state index >= 15 is 0 Å². The van der Waals surface area contributed by atoms with Crippen molar-refractivity contribution in [1.29, 1.82) is 0 Å². The molecule has 6 nitrogen and oxygen atoms in total. The molecule has 1 saturated heterocycles. The van der Waals surface area contributed by atoms with Gasteiger partial charge >= 0.3 is 11.9 Å². The SMILES string of the molecule is O=C1COC(=O)C(CCC(=O)OCc2ccccc2)N1. The van der Waals surface area contributed by atoms with Gasteiger partial charge in [-0.15, -0.1) is 0 Å². The Morgan fingerprint density at radius 1 is 1.30 bits per heavy atom. The van der Waals surface area contributed by atoms with Crippen LogP contribution in [0.4, 0.5) is 0 Å². The van der Waals surface area contributed by atoms with Gasteiger partial charge in [0, 0.05) is 6.42 Å². The molecule has 106 valence electrons. The molecule has 1 unspecified atom stereocenters. The zero-order valence-corrected chi connectivity index (χ0v) is 10.8. The lowest BCUT2D eigenvalue weighted by molar-refractivity contribution is -0.158. The number of hydrogen-bond acceptors (Lipinski definition) is 5. The molecule has 0 bridgehead atoms. The molecule has 1 aliphatic heterocycles. The van der Waals surface area contributed by atoms with Crippen LogP contribution in [0.15, 0.2) is 30.3 Å². The van der Waals surface area contributed by atoms with Crippen LogP contribution in [0.1, 0.15) is 18.4 Å². The lowest BCUT2D eigenvalue weighted by atomic mass is 10.1. The van der Waals surface area contributed by atoms with Crippen molar-refractivity contribution in [3.63, 3.8) is 0 Å². The van der Waals surface area contributed by atoms with E-state index in [-0.39, 0.29) is 32.0 Å². The van der Waals surface area contributed by atoms with Gasteiger partial charge in [-0.3, -0.25) is 9.59 Å². The van der Waals surface area contributed by atoms with Crippen molar-refractivity contribution < 1.29 is 23.9 Å². The van der Waals surface area contributed by atoms with Crippen LogP contribution in [0.5, 0.6) is 0 Å². The molecular weight excluding hydrogens is 262 g/mol. The number of morpholine rings is 1. The fourth-order valence-electron chi connectivity index (χ4n) is 1.79. The number of benzene rings is 1. The van der Waals surface area contributed by atoms with Crippen LogP contribution in [0.3, 0.4) is 0 Å². The predicted molar refractivity (Wildman–Crippen MR) is 68.4 cm³/mol. The van der Waals surface area contributed by atoms with Crippen molar-refractivity contribution in [1.82, 2.24) is 5.32 Å². The molecule has 0 spiro atoms. The molecule has 0 radical (unpaired) electrons. The highest BCUT2D eigenvalue weighted by atomic mass is 16.5. The highest BCUT2D eigenvalue weighted by molar-refractivity contribution is 5.90. The second-order valence-electron chi connectivity index (χ2n) is 4.41. The number of esters is 2. The van der Waals surface area contributed by atoms with E-state index in [9.17, 15) is 14.4 Å². The zero-order chi connectivity index (χ0) is 14.4. The van der Waals surface area contributed by atoms with E-state index in [1.54, 1.807) is 0 Å². The summed E-state index contributed by atoms with van der Waals surface area (Å²) in [6.45, 7) is -0.0606. The van der Waals surface area contributed by atoms with Crippen molar-refractivity contribution in [3.8, 4) is 0 Å². The molecule has 1 N–H and O–H groups in total. The minimum Gasteiger partial charge on any atom is -0.461 e. The van der Waals surface area contributed by atoms with E-state index < -0.39 is 18.0 Å². The fraction of sp³-hybridized carbons (Fsp3) is 0.357. The fourth-order valence-corrected chi connectivity index (χ4v) is 1.79. The number of cyclic esters (lactones) is 1. The third-order valence-corrected chi connectivity index (χ3v) is 2.85. The van der Waals surface area contributed by atoms with E-state index in [4.69, 9.17) is 4.74 Å². The first-order chi connectivity index (χ1) is 9.65. The first-order valence-corrected chi connectivity index (χ1v) is 6.30. The summed E-state index contributed by atoms with van der Waals surface area (Å²) in [6.07, 6.45) is 0.227. The first kappa shape index (κ1) is 14.0. The molecule has 20 heavy (non-hydrogen) atoms. The van der Waals surface area contributed by atoms with Crippen LogP contribution in [0.25, 0.3) is 0 Å². The summed E-state index contributed by atoms with van der Waals surface area (Å²) in [6, 6.07) is 8.54. The lowest BCUT2D eigenvalue weighted by Crippen LogP contribution is -2.49. The van der Waals surface area contributed by atoms with E-state index in [0.29, 0.717) is 0 Å². The highest BCUT2D eigenvalue weighted by Crippen LogP contribution is 2.07. The average molecular weight is 277 g/mol. The summed E-state index contributed by atoms with van der Waals surface area (Å²) < 4.78 is 9.74. The molecule has 1 amide bonds. The Morgan fingerprint density at radius 3 is 2.80 bits per heavy atom. The normalized spacial score (nSPS) is 18.1. The predicted octanol–water partition coefficient (Wildman–Crippen LogP) is 0.552. The van der Waals surface area contributed by atoms with E-state index in [0.717, 1.165) is 5.56 Å². The van der Waals surface area contributed by atoms with E-state index in [1.165, 1.54) is 0 Å². The molecule has 1 heterocycles. The molecule has 1 aliphatic rings. The Labute approximate surface area is 116 Å². The Kier molecular flexibility index (Phi) is 4.70. The van der Waals surface area contributed by atoms with Gasteiger partial charge in [0.05, 0.1) is 0 Å². The minimum absolute atomic E-state index is 0.0485. The molecule has 0 aliphatic carbocycles. The van der Waals surface area contributed by atoms with E-state index in [1.807, 2.05) is 30.3 Å². The van der Waals surface area contributed by atoms with Crippen LogP contribution in [0, 0.1) is 0 Å². The number of carbonyl (C=O) groups excluding carboxylic acids is 3. The Morgan fingerprint density at radius 2 is 2.05 bits per heavy atom. The third kappa shape index (κ3) is 4.08. The number of carbonyl (C=O) groups is 3. The second-order valence-corrected chi connectivity index (χ2v) is 4.41. The lowest BCUT2D eigenvalue weighted by Gasteiger charge is -2.21. The van der Waals surface area contributed by atoms with Crippen molar-refractivity contribution in [2.45, 2.75) is 25.5 Å². The molecule has 2 rings (SSSR count). The maximum atomic E-state index is 11.6. The van der Waals surface area contributed by atoms with Crippen LogP contribution in [0.2, 0.25) is 0 Å². The van der Waals surface area contributed by atoms with Crippen LogP contribution in [-0.2, 0) is 30.5 Å². The summed E-state index contributed by atoms with van der Waals surface area (Å²) in [7, 11) is 0. The van der Waals surface area contributed by atoms with Gasteiger partial charge in [-0.25, -0.2) is 4.79 Å². The Hall–Kier alpha value is -2.37. The second kappa shape index (κ2) is 6.70. The minimum atomic E-state index is -0.763. The number of amides is 1. The van der Waals surface area contributed by atoms with Crippen molar-refractivity contribution >= 4 is 17.8 Å². The molecule has 0 aromatic heterocycles. The van der Waals surface area contributed by atoms with E-state index in [2.05, 4.69) is 10.1 Å². The van der Waals surface area contributed by atoms with Gasteiger partial charge in [0.2, 0.25) is 0 Å². The highest BCUT2D eigenvalue weighted by Gasteiger charge is 2.28. The van der Waals surface area contributed by atoms with Gasteiger partial charge in [-0.1, -0.05) is 30.3 Å². The largest absolute Gasteiger partial charge is 0.461 e. The summed E-state index contributed by atoms with van der Waals surface area (Å²) in [5.41, 5.74) is 0.895. The summed E-state index contributed by atoms with van der Waals surface area (Å²) in [5.74, 6) is -1.28. The smallest absolute Gasteiger partial charge is 0.329 e. The van der Waals surface area contributed by atoms with Crippen molar-refractivity contribution in [2.75, 3.05) is 6.61 Å². The average Bonchev–Trinajstić information content (AvgIpc) is 2.47. The molecule has 1 aromatic carbocycles. The third-order valence-electron chi connectivity index (χ3n) is 2.85. The number of rotatable bonds is 5. The number of nitrogens with one attached hydrogen (secondary N) is 1. The molecular formula is C14H15NO5. The summed E-state index contributed by atoms with van der Waals surface area (Å²) in [5, 5.41) is 2.47. The maximum Gasteiger partial charge on any atom is 0.329 e. The monoisotopic (exact) mass is 277 g/mol. The molecule has 1 aromatic rings. The van der Waals surface area contributed by atoms with Crippen molar-refractivity contribution in [2.24, 2.45) is 0 Å². The van der Waals surface area contributed by atoms with Crippen molar-refractivity contribution in [3.05, 3.63) is 35.9 Å². The zero-order valence-electron chi connectivity index (χ0n) is 10.8. The molecule has 0 saturated carbocycles. The maximum absolute atomic E-state index is 11.6. The molecule has 1 atom stereocenters. The van der Waals surface area contributed by atoms with Gasteiger partial charge < -0.3 is 14.8 Å². The van der Waals surface area contributed by atoms with Gasteiger partial charge in [-0.05, 0) is 12.0 Å². The van der Waals surface area contributed by atoms with Gasteiger partial charge in [-0.2, -0.15) is 0 Å². The van der Waals surface area contributed by atoms with Crippen LogP contribution in [-0.4, -0.2) is 30.5 Å². The van der Waals surface area contributed by atoms with Crippen LogP contribution >= 0.6 is 0 Å².